The highest BCUT2D eigenvalue weighted by atomic mass is 16.4. The summed E-state index contributed by atoms with van der Waals surface area (Å²) in [6.45, 7) is 0. The molecule has 82 valence electrons. The third-order valence-electron chi connectivity index (χ3n) is 3.24. The number of para-hydroxylation sites is 1. The topological polar surface area (TPSA) is 37.5 Å². The van der Waals surface area contributed by atoms with Crippen molar-refractivity contribution in [2.24, 2.45) is 5.16 Å². The van der Waals surface area contributed by atoms with Crippen molar-refractivity contribution in [2.75, 3.05) is 0 Å². The lowest BCUT2D eigenvalue weighted by Gasteiger charge is -2.07. The molecule has 0 amide bonds. The van der Waals surface area contributed by atoms with Gasteiger partial charge in [0.25, 0.3) is 0 Å². The first-order valence-electron chi connectivity index (χ1n) is 5.71. The summed E-state index contributed by atoms with van der Waals surface area (Å²) < 4.78 is 2.10. The molecule has 3 heteroatoms. The Morgan fingerprint density at radius 1 is 1.12 bits per heavy atom. The van der Waals surface area contributed by atoms with E-state index in [2.05, 4.69) is 27.9 Å². The number of fused-ring (bicyclic) bond motifs is 3. The van der Waals surface area contributed by atoms with E-state index in [1.165, 1.54) is 11.1 Å². The van der Waals surface area contributed by atoms with Gasteiger partial charge in [0.1, 0.15) is 0 Å². The molecule has 0 radical (unpaired) electrons. The highest BCUT2D eigenvalue weighted by molar-refractivity contribution is 5.96. The molecule has 0 spiro atoms. The van der Waals surface area contributed by atoms with Crippen LogP contribution < -0.4 is 0 Å². The molecule has 3 nitrogen and oxygen atoms in total. The fourth-order valence-corrected chi connectivity index (χ4v) is 2.50. The van der Waals surface area contributed by atoms with Gasteiger partial charge < -0.3 is 5.21 Å². The number of aryl methyl sites for hydroxylation is 1. The molecule has 0 saturated heterocycles. The summed E-state index contributed by atoms with van der Waals surface area (Å²) in [5.41, 5.74) is 2.40. The summed E-state index contributed by atoms with van der Waals surface area (Å²) in [5.74, 6) is 0.772. The van der Waals surface area contributed by atoms with E-state index in [1.807, 2.05) is 12.1 Å². The van der Waals surface area contributed by atoms with E-state index in [-0.39, 0.29) is 0 Å². The van der Waals surface area contributed by atoms with Gasteiger partial charge in [0.2, 0.25) is 0 Å². The lowest BCUT2D eigenvalue weighted by Crippen LogP contribution is -2.12. The monoisotopic (exact) mass is 214 g/mol. The van der Waals surface area contributed by atoms with E-state index >= 15 is 0 Å². The number of benzene rings is 1. The van der Waals surface area contributed by atoms with Crippen LogP contribution in [0.5, 0.6) is 0 Å². The van der Waals surface area contributed by atoms with Gasteiger partial charge in [-0.1, -0.05) is 23.4 Å². The second-order valence-electron chi connectivity index (χ2n) is 4.25. The standard InChI is InChI=1S/C13H14N2O/c16-14-13-8-4-2-6-11-9-10-5-1-3-7-12(10)15(11)13/h1,3,5,7,9,16H,2,4,6,8H2/b14-13-. The van der Waals surface area contributed by atoms with Gasteiger partial charge in [0.15, 0.2) is 5.84 Å². The van der Waals surface area contributed by atoms with Gasteiger partial charge in [-0.05, 0) is 31.4 Å². The Morgan fingerprint density at radius 3 is 2.81 bits per heavy atom. The maximum Gasteiger partial charge on any atom is 0.153 e. The number of oxime groups is 1. The molecule has 3 rings (SSSR count). The Kier molecular flexibility index (Phi) is 2.17. The summed E-state index contributed by atoms with van der Waals surface area (Å²) in [6, 6.07) is 10.4. The summed E-state index contributed by atoms with van der Waals surface area (Å²) in [4.78, 5) is 0. The third kappa shape index (κ3) is 1.32. The van der Waals surface area contributed by atoms with Crippen LogP contribution in [0.4, 0.5) is 0 Å². The fourth-order valence-electron chi connectivity index (χ4n) is 2.50. The van der Waals surface area contributed by atoms with E-state index in [0.29, 0.717) is 0 Å². The molecular weight excluding hydrogens is 200 g/mol. The molecule has 0 atom stereocenters. The number of hydrogen-bond donors (Lipinski definition) is 1. The van der Waals surface area contributed by atoms with Crippen LogP contribution in [0.1, 0.15) is 25.0 Å². The van der Waals surface area contributed by atoms with Gasteiger partial charge in [-0.15, -0.1) is 0 Å². The Morgan fingerprint density at radius 2 is 1.94 bits per heavy atom. The fraction of sp³-hybridized carbons (Fsp3) is 0.308. The molecule has 0 fully saturated rings. The molecular formula is C13H14N2O. The van der Waals surface area contributed by atoms with Crippen molar-refractivity contribution in [3.8, 4) is 0 Å². The van der Waals surface area contributed by atoms with Crippen molar-refractivity contribution in [3.63, 3.8) is 0 Å². The molecule has 0 unspecified atom stereocenters. The molecule has 1 aromatic heterocycles. The van der Waals surface area contributed by atoms with E-state index in [4.69, 9.17) is 5.21 Å². The first-order chi connectivity index (χ1) is 7.90. The first-order valence-corrected chi connectivity index (χ1v) is 5.71. The molecule has 1 aromatic carbocycles. The Hall–Kier alpha value is -1.77. The number of rotatable bonds is 0. The van der Waals surface area contributed by atoms with Crippen LogP contribution in [-0.4, -0.2) is 15.6 Å². The number of hydrogen-bond acceptors (Lipinski definition) is 2. The average Bonchev–Trinajstić information content (AvgIpc) is 2.56. The SMILES string of the molecule is O/N=C1/CCCCc2cc3ccccc3n21. The zero-order valence-corrected chi connectivity index (χ0v) is 9.06. The van der Waals surface area contributed by atoms with Crippen molar-refractivity contribution in [1.82, 2.24) is 4.57 Å². The zero-order valence-electron chi connectivity index (χ0n) is 9.06. The summed E-state index contributed by atoms with van der Waals surface area (Å²) >= 11 is 0. The van der Waals surface area contributed by atoms with Crippen LogP contribution in [0.15, 0.2) is 35.5 Å². The predicted octanol–water partition coefficient (Wildman–Crippen LogP) is 3.00. The van der Waals surface area contributed by atoms with Crippen LogP contribution in [-0.2, 0) is 6.42 Å². The van der Waals surface area contributed by atoms with Crippen LogP contribution in [0, 0.1) is 0 Å². The average molecular weight is 214 g/mol. The Bertz CT molecular complexity index is 554. The molecule has 2 heterocycles. The molecule has 16 heavy (non-hydrogen) atoms. The van der Waals surface area contributed by atoms with E-state index in [1.54, 1.807) is 0 Å². The van der Waals surface area contributed by atoms with Crippen molar-refractivity contribution in [3.05, 3.63) is 36.0 Å². The zero-order chi connectivity index (χ0) is 11.0. The molecule has 1 aliphatic rings. The van der Waals surface area contributed by atoms with Crippen molar-refractivity contribution in [2.45, 2.75) is 25.7 Å². The maximum absolute atomic E-state index is 9.11. The minimum atomic E-state index is 0.772. The van der Waals surface area contributed by atoms with Gasteiger partial charge in [-0.3, -0.25) is 4.57 Å². The molecule has 0 saturated carbocycles. The van der Waals surface area contributed by atoms with E-state index in [0.717, 1.165) is 37.0 Å². The highest BCUT2D eigenvalue weighted by Gasteiger charge is 2.16. The minimum absolute atomic E-state index is 0.772. The lowest BCUT2D eigenvalue weighted by atomic mass is 10.1. The second-order valence-corrected chi connectivity index (χ2v) is 4.25. The highest BCUT2D eigenvalue weighted by Crippen LogP contribution is 2.24. The molecule has 0 bridgehead atoms. The third-order valence-corrected chi connectivity index (χ3v) is 3.24. The van der Waals surface area contributed by atoms with Gasteiger partial charge in [-0.25, -0.2) is 0 Å². The van der Waals surface area contributed by atoms with Gasteiger partial charge >= 0.3 is 0 Å². The van der Waals surface area contributed by atoms with Crippen molar-refractivity contribution >= 4 is 16.7 Å². The maximum atomic E-state index is 9.11. The minimum Gasteiger partial charge on any atom is -0.409 e. The quantitative estimate of drug-likeness (QED) is 0.531. The smallest absolute Gasteiger partial charge is 0.153 e. The van der Waals surface area contributed by atoms with Crippen molar-refractivity contribution < 1.29 is 5.21 Å². The molecule has 2 aromatic rings. The van der Waals surface area contributed by atoms with Gasteiger partial charge in [-0.2, -0.15) is 0 Å². The molecule has 0 aliphatic carbocycles. The van der Waals surface area contributed by atoms with Gasteiger partial charge in [0.05, 0.1) is 5.52 Å². The van der Waals surface area contributed by atoms with Crippen LogP contribution in [0.2, 0.25) is 0 Å². The molecule has 1 aliphatic heterocycles. The lowest BCUT2D eigenvalue weighted by molar-refractivity contribution is 0.315. The largest absolute Gasteiger partial charge is 0.409 e. The first kappa shape index (κ1) is 9.46. The van der Waals surface area contributed by atoms with Gasteiger partial charge in [0, 0.05) is 17.5 Å². The molecule has 1 N–H and O–H groups in total. The second kappa shape index (κ2) is 3.67. The Labute approximate surface area is 94.0 Å². The van der Waals surface area contributed by atoms with Crippen LogP contribution in [0.25, 0.3) is 10.9 Å². The van der Waals surface area contributed by atoms with Crippen LogP contribution in [0.3, 0.4) is 0 Å². The number of nitrogens with zero attached hydrogens (tertiary/aromatic N) is 2. The normalized spacial score (nSPS) is 18.6. The summed E-state index contributed by atoms with van der Waals surface area (Å²) in [5, 5.41) is 13.8. The van der Waals surface area contributed by atoms with Crippen molar-refractivity contribution in [1.29, 1.82) is 0 Å². The summed E-state index contributed by atoms with van der Waals surface area (Å²) in [7, 11) is 0. The van der Waals surface area contributed by atoms with Crippen LogP contribution >= 0.6 is 0 Å². The predicted molar refractivity (Wildman–Crippen MR) is 64.1 cm³/mol. The summed E-state index contributed by atoms with van der Waals surface area (Å²) in [6.07, 6.45) is 4.17. The van der Waals surface area contributed by atoms with E-state index in [9.17, 15) is 0 Å². The Balaban J connectivity index is 2.32. The number of aromatic nitrogens is 1. The van der Waals surface area contributed by atoms with E-state index < -0.39 is 0 Å².